The number of fused-ring (bicyclic) bond motifs is 1. The van der Waals surface area contributed by atoms with Crippen molar-refractivity contribution < 1.29 is 5.11 Å². The molecule has 0 aliphatic carbocycles. The van der Waals surface area contributed by atoms with Gasteiger partial charge in [-0.05, 0) is 24.6 Å². The highest BCUT2D eigenvalue weighted by molar-refractivity contribution is 6.31. The molecule has 0 spiro atoms. The van der Waals surface area contributed by atoms with Crippen molar-refractivity contribution >= 4 is 28.3 Å². The molecule has 1 aromatic carbocycles. The standard InChI is InChI=1S/C13H16ClN3O/c1-2-3-10(18)7-15-13-11-5-4-9(14)6-12(11)16-8-17-13/h4-6,8,10,18H,2-3,7H2,1H3,(H,15,16,17). The molecule has 2 N–H and O–H groups in total. The van der Waals surface area contributed by atoms with Gasteiger partial charge in [0.15, 0.2) is 0 Å². The molecule has 0 fully saturated rings. The first kappa shape index (κ1) is 13.1. The minimum atomic E-state index is -0.354. The third-order valence-electron chi connectivity index (χ3n) is 2.73. The van der Waals surface area contributed by atoms with Crippen LogP contribution in [0.25, 0.3) is 10.9 Å². The highest BCUT2D eigenvalue weighted by atomic mass is 35.5. The van der Waals surface area contributed by atoms with E-state index in [0.717, 1.165) is 29.6 Å². The zero-order chi connectivity index (χ0) is 13.0. The first-order valence-electron chi connectivity index (χ1n) is 6.03. The Morgan fingerprint density at radius 2 is 2.22 bits per heavy atom. The third kappa shape index (κ3) is 3.09. The Kier molecular flexibility index (Phi) is 4.33. The Labute approximate surface area is 111 Å². The summed E-state index contributed by atoms with van der Waals surface area (Å²) in [7, 11) is 0. The summed E-state index contributed by atoms with van der Waals surface area (Å²) < 4.78 is 0. The second-order valence-electron chi connectivity index (χ2n) is 4.21. The van der Waals surface area contributed by atoms with Gasteiger partial charge >= 0.3 is 0 Å². The smallest absolute Gasteiger partial charge is 0.137 e. The monoisotopic (exact) mass is 265 g/mol. The molecule has 0 amide bonds. The zero-order valence-electron chi connectivity index (χ0n) is 10.2. The Balaban J connectivity index is 2.18. The van der Waals surface area contributed by atoms with Crippen LogP contribution in [0.15, 0.2) is 24.5 Å². The van der Waals surface area contributed by atoms with E-state index in [1.165, 1.54) is 6.33 Å². The van der Waals surface area contributed by atoms with Crippen molar-refractivity contribution in [2.75, 3.05) is 11.9 Å². The average molecular weight is 266 g/mol. The number of aliphatic hydroxyl groups excluding tert-OH is 1. The van der Waals surface area contributed by atoms with Gasteiger partial charge in [0.05, 0.1) is 11.6 Å². The van der Waals surface area contributed by atoms with Crippen LogP contribution in [0, 0.1) is 0 Å². The molecule has 18 heavy (non-hydrogen) atoms. The SMILES string of the molecule is CCCC(O)CNc1ncnc2cc(Cl)ccc12. The van der Waals surface area contributed by atoms with Gasteiger partial charge in [0.1, 0.15) is 12.1 Å². The molecule has 1 heterocycles. The first-order chi connectivity index (χ1) is 8.70. The number of rotatable bonds is 5. The quantitative estimate of drug-likeness (QED) is 0.873. The fraction of sp³-hybridized carbons (Fsp3) is 0.385. The van der Waals surface area contributed by atoms with Gasteiger partial charge in [-0.25, -0.2) is 9.97 Å². The molecule has 0 aliphatic rings. The largest absolute Gasteiger partial charge is 0.391 e. The third-order valence-corrected chi connectivity index (χ3v) is 2.96. The summed E-state index contributed by atoms with van der Waals surface area (Å²) in [6, 6.07) is 5.49. The fourth-order valence-corrected chi connectivity index (χ4v) is 1.99. The van der Waals surface area contributed by atoms with Crippen molar-refractivity contribution in [1.29, 1.82) is 0 Å². The molecule has 0 saturated carbocycles. The van der Waals surface area contributed by atoms with Crippen LogP contribution in [0.3, 0.4) is 0 Å². The molecule has 5 heteroatoms. The number of nitrogens with zero attached hydrogens (tertiary/aromatic N) is 2. The predicted octanol–water partition coefficient (Wildman–Crippen LogP) is 2.86. The van der Waals surface area contributed by atoms with Crippen molar-refractivity contribution in [3.63, 3.8) is 0 Å². The molecule has 0 bridgehead atoms. The molecule has 0 saturated heterocycles. The van der Waals surface area contributed by atoms with Crippen LogP contribution in [0.1, 0.15) is 19.8 Å². The molecule has 0 radical (unpaired) electrons. The molecule has 0 aliphatic heterocycles. The van der Waals surface area contributed by atoms with E-state index >= 15 is 0 Å². The second-order valence-corrected chi connectivity index (χ2v) is 4.64. The Bertz CT molecular complexity index is 533. The summed E-state index contributed by atoms with van der Waals surface area (Å²) in [5, 5.41) is 14.4. The summed E-state index contributed by atoms with van der Waals surface area (Å²) in [5.74, 6) is 0.729. The van der Waals surface area contributed by atoms with E-state index < -0.39 is 0 Å². The summed E-state index contributed by atoms with van der Waals surface area (Å²) >= 11 is 5.92. The lowest BCUT2D eigenvalue weighted by Crippen LogP contribution is -2.19. The van der Waals surface area contributed by atoms with E-state index in [1.807, 2.05) is 13.0 Å². The number of benzene rings is 1. The summed E-state index contributed by atoms with van der Waals surface area (Å²) in [5.41, 5.74) is 0.796. The van der Waals surface area contributed by atoms with Crippen LogP contribution in [0.5, 0.6) is 0 Å². The summed E-state index contributed by atoms with van der Waals surface area (Å²) in [6.07, 6.45) is 2.88. The number of halogens is 1. The van der Waals surface area contributed by atoms with Crippen molar-refractivity contribution in [1.82, 2.24) is 9.97 Å². The van der Waals surface area contributed by atoms with E-state index in [9.17, 15) is 5.11 Å². The highest BCUT2D eigenvalue weighted by Gasteiger charge is 2.06. The highest BCUT2D eigenvalue weighted by Crippen LogP contribution is 2.22. The second kappa shape index (κ2) is 5.98. The van der Waals surface area contributed by atoms with E-state index in [2.05, 4.69) is 15.3 Å². The lowest BCUT2D eigenvalue weighted by molar-refractivity contribution is 0.176. The van der Waals surface area contributed by atoms with Crippen LogP contribution in [0.4, 0.5) is 5.82 Å². The van der Waals surface area contributed by atoms with Crippen molar-refractivity contribution in [3.8, 4) is 0 Å². The van der Waals surface area contributed by atoms with Gasteiger partial charge in [-0.2, -0.15) is 0 Å². The number of aromatic nitrogens is 2. The van der Waals surface area contributed by atoms with Gasteiger partial charge in [0.25, 0.3) is 0 Å². The predicted molar refractivity (Wildman–Crippen MR) is 74.0 cm³/mol. The van der Waals surface area contributed by atoms with E-state index in [-0.39, 0.29) is 6.10 Å². The number of hydrogen-bond donors (Lipinski definition) is 2. The number of anilines is 1. The van der Waals surface area contributed by atoms with E-state index in [4.69, 9.17) is 11.6 Å². The van der Waals surface area contributed by atoms with Crippen LogP contribution < -0.4 is 5.32 Å². The maximum absolute atomic E-state index is 9.70. The van der Waals surface area contributed by atoms with Crippen LogP contribution in [-0.4, -0.2) is 27.7 Å². The normalized spacial score (nSPS) is 12.6. The molecule has 4 nitrogen and oxygen atoms in total. The van der Waals surface area contributed by atoms with Crippen molar-refractivity contribution in [2.24, 2.45) is 0 Å². The van der Waals surface area contributed by atoms with Crippen LogP contribution >= 0.6 is 11.6 Å². The van der Waals surface area contributed by atoms with Gasteiger partial charge in [-0.15, -0.1) is 0 Å². The maximum Gasteiger partial charge on any atom is 0.137 e. The molecular formula is C13H16ClN3O. The van der Waals surface area contributed by atoms with Gasteiger partial charge in [0.2, 0.25) is 0 Å². The molecule has 1 unspecified atom stereocenters. The van der Waals surface area contributed by atoms with E-state index in [0.29, 0.717) is 11.6 Å². The maximum atomic E-state index is 9.70. The van der Waals surface area contributed by atoms with Gasteiger partial charge in [-0.1, -0.05) is 24.9 Å². The van der Waals surface area contributed by atoms with Crippen molar-refractivity contribution in [2.45, 2.75) is 25.9 Å². The Hall–Kier alpha value is -1.39. The van der Waals surface area contributed by atoms with Gasteiger partial charge in [-0.3, -0.25) is 0 Å². The molecule has 2 aromatic rings. The summed E-state index contributed by atoms with van der Waals surface area (Å²) in [6.45, 7) is 2.54. The molecular weight excluding hydrogens is 250 g/mol. The van der Waals surface area contributed by atoms with Crippen molar-refractivity contribution in [3.05, 3.63) is 29.5 Å². The first-order valence-corrected chi connectivity index (χ1v) is 6.40. The zero-order valence-corrected chi connectivity index (χ0v) is 11.0. The van der Waals surface area contributed by atoms with Crippen LogP contribution in [-0.2, 0) is 0 Å². The topological polar surface area (TPSA) is 58.0 Å². The fourth-order valence-electron chi connectivity index (χ4n) is 1.82. The average Bonchev–Trinajstić information content (AvgIpc) is 2.36. The molecule has 1 atom stereocenters. The van der Waals surface area contributed by atoms with Crippen LogP contribution in [0.2, 0.25) is 5.02 Å². The molecule has 1 aromatic heterocycles. The minimum absolute atomic E-state index is 0.354. The van der Waals surface area contributed by atoms with Gasteiger partial charge < -0.3 is 10.4 Å². The molecule has 2 rings (SSSR count). The van der Waals surface area contributed by atoms with Gasteiger partial charge in [0, 0.05) is 17.0 Å². The number of hydrogen-bond acceptors (Lipinski definition) is 4. The number of aliphatic hydroxyl groups is 1. The lowest BCUT2D eigenvalue weighted by Gasteiger charge is -2.12. The summed E-state index contributed by atoms with van der Waals surface area (Å²) in [4.78, 5) is 8.36. The number of nitrogens with one attached hydrogen (secondary N) is 1. The minimum Gasteiger partial charge on any atom is -0.391 e. The Morgan fingerprint density at radius 3 is 3.00 bits per heavy atom. The van der Waals surface area contributed by atoms with E-state index in [1.54, 1.807) is 12.1 Å². The Morgan fingerprint density at radius 1 is 1.39 bits per heavy atom. The lowest BCUT2D eigenvalue weighted by atomic mass is 10.2. The molecule has 96 valence electrons.